The summed E-state index contributed by atoms with van der Waals surface area (Å²) in [4.78, 5) is 25.6. The largest absolute Gasteiger partial charge is 0.444 e. The summed E-state index contributed by atoms with van der Waals surface area (Å²) in [5.74, 6) is 0. The van der Waals surface area contributed by atoms with Crippen molar-refractivity contribution in [2.24, 2.45) is 0 Å². The number of carbonyl (C=O) groups excluding carboxylic acids is 1. The van der Waals surface area contributed by atoms with Gasteiger partial charge in [-0.15, -0.1) is 11.3 Å². The molecule has 2 aromatic rings. The Morgan fingerprint density at radius 2 is 1.93 bits per heavy atom. The number of alkyl carbamates (subject to hydrolysis) is 1. The SMILES string of the molecule is CCCC[C@H](NC(=O)OC(C)(C)C)C(O)c1c(-c2ccc([Si](C)(C)C)s2)c1=O. The molecule has 0 bridgehead atoms. The lowest BCUT2D eigenvalue weighted by atomic mass is 10.0. The molecule has 1 unspecified atom stereocenters. The number of amides is 1. The number of rotatable bonds is 8. The van der Waals surface area contributed by atoms with E-state index >= 15 is 0 Å². The molecular formula is C21H33NO4SSi. The van der Waals surface area contributed by atoms with Crippen molar-refractivity contribution < 1.29 is 14.6 Å². The Hall–Kier alpha value is -1.44. The maximum absolute atomic E-state index is 12.5. The molecule has 0 aliphatic carbocycles. The number of aliphatic hydroxyl groups is 1. The number of thiophene rings is 1. The van der Waals surface area contributed by atoms with Crippen molar-refractivity contribution in [3.63, 3.8) is 0 Å². The first-order valence-corrected chi connectivity index (χ1v) is 14.2. The van der Waals surface area contributed by atoms with Crippen molar-refractivity contribution in [1.82, 2.24) is 5.32 Å². The number of hydrogen-bond donors (Lipinski definition) is 2. The first-order valence-electron chi connectivity index (χ1n) is 9.92. The highest BCUT2D eigenvalue weighted by Crippen LogP contribution is 2.35. The van der Waals surface area contributed by atoms with Gasteiger partial charge in [-0.05, 0) is 37.8 Å². The van der Waals surface area contributed by atoms with Gasteiger partial charge in [0.05, 0.1) is 14.1 Å². The minimum atomic E-state index is -1.44. The Bertz CT molecular complexity index is 821. The van der Waals surface area contributed by atoms with Crippen LogP contribution in [0.3, 0.4) is 0 Å². The molecule has 28 heavy (non-hydrogen) atoms. The van der Waals surface area contributed by atoms with Gasteiger partial charge in [0, 0.05) is 16.0 Å². The molecule has 2 atom stereocenters. The molecular weight excluding hydrogens is 390 g/mol. The second-order valence-electron chi connectivity index (χ2n) is 9.37. The molecule has 0 spiro atoms. The van der Waals surface area contributed by atoms with Crippen molar-refractivity contribution >= 4 is 30.0 Å². The summed E-state index contributed by atoms with van der Waals surface area (Å²) in [5, 5.41) is 13.6. The van der Waals surface area contributed by atoms with Crippen LogP contribution >= 0.6 is 11.3 Å². The number of nitrogens with one attached hydrogen (secondary N) is 1. The van der Waals surface area contributed by atoms with Crippen LogP contribution in [0, 0.1) is 0 Å². The van der Waals surface area contributed by atoms with E-state index in [1.54, 1.807) is 32.1 Å². The predicted octanol–water partition coefficient (Wildman–Crippen LogP) is 4.31. The smallest absolute Gasteiger partial charge is 0.407 e. The fraction of sp³-hybridized carbons (Fsp3) is 0.619. The van der Waals surface area contributed by atoms with Crippen LogP contribution in [0.25, 0.3) is 10.4 Å². The van der Waals surface area contributed by atoms with Crippen LogP contribution in [0.1, 0.15) is 58.6 Å². The zero-order chi connectivity index (χ0) is 21.3. The zero-order valence-corrected chi connectivity index (χ0v) is 19.8. The third kappa shape index (κ3) is 5.78. The maximum Gasteiger partial charge on any atom is 0.407 e. The topological polar surface area (TPSA) is 75.6 Å². The van der Waals surface area contributed by atoms with Crippen LogP contribution in [-0.2, 0) is 4.74 Å². The van der Waals surface area contributed by atoms with Gasteiger partial charge in [0.2, 0.25) is 0 Å². The summed E-state index contributed by atoms with van der Waals surface area (Å²) in [6, 6.07) is 3.54. The van der Waals surface area contributed by atoms with E-state index in [0.717, 1.165) is 17.7 Å². The van der Waals surface area contributed by atoms with E-state index in [2.05, 4.69) is 31.0 Å². The second-order valence-corrected chi connectivity index (χ2v) is 15.9. The molecule has 156 valence electrons. The quantitative estimate of drug-likeness (QED) is 0.620. The molecule has 5 nitrogen and oxygen atoms in total. The fourth-order valence-corrected chi connectivity index (χ4v) is 5.93. The minimum absolute atomic E-state index is 0.0936. The van der Waals surface area contributed by atoms with Gasteiger partial charge in [-0.1, -0.05) is 45.5 Å². The van der Waals surface area contributed by atoms with Gasteiger partial charge in [-0.3, -0.25) is 4.79 Å². The summed E-state index contributed by atoms with van der Waals surface area (Å²) >= 11 is 1.65. The van der Waals surface area contributed by atoms with Gasteiger partial charge in [-0.2, -0.15) is 0 Å². The van der Waals surface area contributed by atoms with E-state index in [1.807, 2.05) is 13.0 Å². The van der Waals surface area contributed by atoms with Gasteiger partial charge >= 0.3 is 6.09 Å². The lowest BCUT2D eigenvalue weighted by Gasteiger charge is -2.25. The number of aliphatic hydroxyl groups excluding tert-OH is 1. The number of ether oxygens (including phenoxy) is 1. The minimum Gasteiger partial charge on any atom is -0.444 e. The number of carbonyl (C=O) groups is 1. The molecule has 0 saturated heterocycles. The molecule has 2 N–H and O–H groups in total. The van der Waals surface area contributed by atoms with E-state index in [1.165, 1.54) is 4.50 Å². The van der Waals surface area contributed by atoms with Crippen molar-refractivity contribution in [2.75, 3.05) is 0 Å². The molecule has 0 saturated carbocycles. The summed E-state index contributed by atoms with van der Waals surface area (Å²) in [7, 11) is -1.44. The van der Waals surface area contributed by atoms with E-state index in [9.17, 15) is 14.7 Å². The Morgan fingerprint density at radius 3 is 2.43 bits per heavy atom. The highest BCUT2D eigenvalue weighted by molar-refractivity contribution is 7.28. The van der Waals surface area contributed by atoms with Crippen LogP contribution in [0.5, 0.6) is 0 Å². The van der Waals surface area contributed by atoms with Crippen LogP contribution in [-0.4, -0.2) is 30.9 Å². The molecule has 1 amide bonds. The molecule has 0 aliphatic rings. The first-order chi connectivity index (χ1) is 12.8. The molecule has 2 rings (SSSR count). The lowest BCUT2D eigenvalue weighted by Crippen LogP contribution is -2.42. The Kier molecular flexibility index (Phi) is 6.94. The molecule has 1 heterocycles. The summed E-state index contributed by atoms with van der Waals surface area (Å²) < 4.78 is 6.65. The van der Waals surface area contributed by atoms with Crippen molar-refractivity contribution in [1.29, 1.82) is 0 Å². The average Bonchev–Trinajstić information content (AvgIpc) is 2.98. The normalized spacial score (nSPS) is 14.9. The second kappa shape index (κ2) is 8.51. The Morgan fingerprint density at radius 1 is 1.29 bits per heavy atom. The third-order valence-electron chi connectivity index (χ3n) is 4.52. The molecule has 0 radical (unpaired) electrons. The maximum atomic E-state index is 12.5. The van der Waals surface area contributed by atoms with E-state index in [0.29, 0.717) is 17.5 Å². The van der Waals surface area contributed by atoms with E-state index < -0.39 is 31.9 Å². The molecule has 7 heteroatoms. The Labute approximate surface area is 172 Å². The van der Waals surface area contributed by atoms with Crippen molar-refractivity contribution in [2.45, 2.75) is 84.3 Å². The van der Waals surface area contributed by atoms with Gasteiger partial charge in [0.15, 0.2) is 5.43 Å². The first kappa shape index (κ1) is 22.8. The van der Waals surface area contributed by atoms with E-state index in [4.69, 9.17) is 4.74 Å². The third-order valence-corrected chi connectivity index (χ3v) is 9.22. The molecule has 1 aromatic carbocycles. The average molecular weight is 424 g/mol. The van der Waals surface area contributed by atoms with Gasteiger partial charge < -0.3 is 15.2 Å². The Balaban J connectivity index is 2.17. The van der Waals surface area contributed by atoms with Gasteiger partial charge in [-0.25, -0.2) is 4.79 Å². The number of unbranched alkanes of at least 4 members (excludes halogenated alkanes) is 1. The van der Waals surface area contributed by atoms with Gasteiger partial charge in [0.1, 0.15) is 11.7 Å². The monoisotopic (exact) mass is 423 g/mol. The summed E-state index contributed by atoms with van der Waals surface area (Å²) in [6.45, 7) is 14.2. The molecule has 1 aromatic heterocycles. The molecule has 0 fully saturated rings. The molecule has 0 aliphatic heterocycles. The fourth-order valence-electron chi connectivity index (χ4n) is 2.98. The predicted molar refractivity (Wildman–Crippen MR) is 119 cm³/mol. The summed E-state index contributed by atoms with van der Waals surface area (Å²) in [5.41, 5.74) is 0.341. The number of hydrogen-bond acceptors (Lipinski definition) is 5. The van der Waals surface area contributed by atoms with Crippen LogP contribution < -0.4 is 15.2 Å². The summed E-state index contributed by atoms with van der Waals surface area (Å²) in [6.07, 6.45) is 0.779. The zero-order valence-electron chi connectivity index (χ0n) is 18.0. The highest BCUT2D eigenvalue weighted by Gasteiger charge is 2.36. The van der Waals surface area contributed by atoms with Gasteiger partial charge in [0.25, 0.3) is 0 Å². The highest BCUT2D eigenvalue weighted by atomic mass is 32.1. The standard InChI is InChI=1S/C21H33NO4SSi/c1-8-9-10-13(22-20(25)26-21(2,3)4)18(23)17-16(19(17)24)14-11-12-15(27-14)28(5,6)7/h11-13,18,23H,8-10H2,1-7H3,(H,22,25)/t13-,18?/m0/s1. The van der Waals surface area contributed by atoms with Crippen molar-refractivity contribution in [3.8, 4) is 10.4 Å². The lowest BCUT2D eigenvalue weighted by molar-refractivity contribution is 0.0414. The van der Waals surface area contributed by atoms with Crippen LogP contribution in [0.4, 0.5) is 4.79 Å². The van der Waals surface area contributed by atoms with Crippen molar-refractivity contribution in [3.05, 3.63) is 27.9 Å². The van der Waals surface area contributed by atoms with E-state index in [-0.39, 0.29) is 5.43 Å². The van der Waals surface area contributed by atoms with Crippen LogP contribution in [0.2, 0.25) is 19.6 Å². The van der Waals surface area contributed by atoms with Crippen LogP contribution in [0.15, 0.2) is 16.9 Å².